The molecule has 0 aliphatic rings. The predicted molar refractivity (Wildman–Crippen MR) is 76.9 cm³/mol. The van der Waals surface area contributed by atoms with E-state index in [1.807, 2.05) is 0 Å². The molecule has 0 saturated heterocycles. The number of nitrogens with two attached hydrogens (primary N) is 2. The molecule has 7 heteroatoms. The maximum atomic E-state index is 13.7. The van der Waals surface area contributed by atoms with Crippen LogP contribution < -0.4 is 16.8 Å². The van der Waals surface area contributed by atoms with Gasteiger partial charge in [0.15, 0.2) is 0 Å². The molecule has 0 spiro atoms. The topological polar surface area (TPSA) is 98.2 Å². The molecule has 1 heterocycles. The third-order valence-electron chi connectivity index (χ3n) is 2.95. The number of carbonyl (C=O) groups excluding carboxylic acids is 2. The Morgan fingerprint density at radius 3 is 2.55 bits per heavy atom. The summed E-state index contributed by atoms with van der Waals surface area (Å²) in [5.41, 5.74) is 9.88. The van der Waals surface area contributed by atoms with Crippen LogP contribution in [0, 0.1) is 5.82 Å². The van der Waals surface area contributed by atoms with Gasteiger partial charge in [0.05, 0.1) is 11.1 Å². The van der Waals surface area contributed by atoms with Gasteiger partial charge in [-0.1, -0.05) is 6.07 Å². The van der Waals surface area contributed by atoms with Crippen LogP contribution in [0.4, 0.5) is 10.1 Å². The van der Waals surface area contributed by atoms with Gasteiger partial charge >= 0.3 is 0 Å². The molecule has 0 unspecified atom stereocenters. The minimum absolute atomic E-state index is 0.0703. The lowest BCUT2D eigenvalue weighted by atomic mass is 10.1. The highest BCUT2D eigenvalue weighted by molar-refractivity contribution is 7.21. The van der Waals surface area contributed by atoms with Crippen LogP contribution in [0.15, 0.2) is 18.2 Å². The second-order valence-electron chi connectivity index (χ2n) is 4.90. The second-order valence-corrected chi connectivity index (χ2v) is 5.95. The lowest BCUT2D eigenvalue weighted by Crippen LogP contribution is -2.52. The Kier molecular flexibility index (Phi) is 3.39. The lowest BCUT2D eigenvalue weighted by Gasteiger charge is -2.21. The number of hydrogen-bond donors (Lipinski definition) is 3. The normalized spacial score (nSPS) is 11.6. The summed E-state index contributed by atoms with van der Waals surface area (Å²) >= 11 is 1.07. The number of hydrogen-bond acceptors (Lipinski definition) is 4. The quantitative estimate of drug-likeness (QED) is 0.802. The summed E-state index contributed by atoms with van der Waals surface area (Å²) < 4.78 is 14.3. The molecular weight excluding hydrogens is 281 g/mol. The number of carbonyl (C=O) groups is 2. The molecule has 0 bridgehead atoms. The first-order valence-electron chi connectivity index (χ1n) is 5.83. The molecule has 0 atom stereocenters. The SMILES string of the molecule is CC(C)(NC(=O)c1sc2cccc(F)c2c1N)C(N)=O. The first-order valence-corrected chi connectivity index (χ1v) is 6.64. The van der Waals surface area contributed by atoms with Crippen LogP contribution in [-0.2, 0) is 4.79 Å². The number of halogens is 1. The summed E-state index contributed by atoms with van der Waals surface area (Å²) in [6, 6.07) is 4.50. The first kappa shape index (κ1) is 14.3. The highest BCUT2D eigenvalue weighted by atomic mass is 32.1. The zero-order valence-corrected chi connectivity index (χ0v) is 11.8. The Balaban J connectivity index is 2.44. The van der Waals surface area contributed by atoms with Crippen LogP contribution >= 0.6 is 11.3 Å². The maximum absolute atomic E-state index is 13.7. The van der Waals surface area contributed by atoms with Crippen LogP contribution in [-0.4, -0.2) is 17.4 Å². The van der Waals surface area contributed by atoms with Crippen molar-refractivity contribution in [1.82, 2.24) is 5.32 Å². The van der Waals surface area contributed by atoms with Gasteiger partial charge in [0, 0.05) is 4.70 Å². The molecule has 2 aromatic rings. The van der Waals surface area contributed by atoms with E-state index >= 15 is 0 Å². The zero-order chi connectivity index (χ0) is 15.1. The molecule has 0 aliphatic heterocycles. The summed E-state index contributed by atoms with van der Waals surface area (Å²) in [5, 5.41) is 2.71. The maximum Gasteiger partial charge on any atom is 0.264 e. The van der Waals surface area contributed by atoms with Crippen molar-refractivity contribution in [3.63, 3.8) is 0 Å². The van der Waals surface area contributed by atoms with E-state index in [0.29, 0.717) is 4.70 Å². The average molecular weight is 295 g/mol. The lowest BCUT2D eigenvalue weighted by molar-refractivity contribution is -0.122. The van der Waals surface area contributed by atoms with Gasteiger partial charge in [0.2, 0.25) is 5.91 Å². The molecule has 5 N–H and O–H groups in total. The summed E-state index contributed by atoms with van der Waals surface area (Å²) in [4.78, 5) is 23.5. The third kappa shape index (κ3) is 2.32. The van der Waals surface area contributed by atoms with Crippen molar-refractivity contribution in [2.75, 3.05) is 5.73 Å². The summed E-state index contributed by atoms with van der Waals surface area (Å²) in [7, 11) is 0. The van der Waals surface area contributed by atoms with E-state index in [0.717, 1.165) is 11.3 Å². The molecule has 0 saturated carbocycles. The Morgan fingerprint density at radius 2 is 2.00 bits per heavy atom. The van der Waals surface area contributed by atoms with Gasteiger partial charge in [-0.3, -0.25) is 9.59 Å². The smallest absolute Gasteiger partial charge is 0.264 e. The molecule has 2 rings (SSSR count). The molecule has 1 aromatic heterocycles. The van der Waals surface area contributed by atoms with Crippen LogP contribution in [0.2, 0.25) is 0 Å². The van der Waals surface area contributed by atoms with Crippen molar-refractivity contribution < 1.29 is 14.0 Å². The monoisotopic (exact) mass is 295 g/mol. The largest absolute Gasteiger partial charge is 0.397 e. The fraction of sp³-hybridized carbons (Fsp3) is 0.231. The van der Waals surface area contributed by atoms with E-state index in [2.05, 4.69) is 5.32 Å². The minimum atomic E-state index is -1.21. The average Bonchev–Trinajstić information content (AvgIpc) is 2.67. The summed E-state index contributed by atoms with van der Waals surface area (Å²) in [6.07, 6.45) is 0. The number of primary amides is 1. The highest BCUT2D eigenvalue weighted by Gasteiger charge is 2.29. The number of benzene rings is 1. The number of fused-ring (bicyclic) bond motifs is 1. The standard InChI is InChI=1S/C13H14FN3O2S/c1-13(2,12(16)19)17-11(18)10-9(15)8-6(14)4-3-5-7(8)20-10/h3-5H,15H2,1-2H3,(H2,16,19)(H,17,18). The minimum Gasteiger partial charge on any atom is -0.397 e. The Labute approximate surface area is 118 Å². The molecule has 0 fully saturated rings. The molecule has 5 nitrogen and oxygen atoms in total. The van der Waals surface area contributed by atoms with Crippen molar-refractivity contribution in [2.24, 2.45) is 5.73 Å². The van der Waals surface area contributed by atoms with E-state index in [9.17, 15) is 14.0 Å². The van der Waals surface area contributed by atoms with Gasteiger partial charge in [-0.25, -0.2) is 4.39 Å². The van der Waals surface area contributed by atoms with E-state index < -0.39 is 23.2 Å². The molecule has 0 aliphatic carbocycles. The molecular formula is C13H14FN3O2S. The van der Waals surface area contributed by atoms with E-state index in [-0.39, 0.29) is 16.0 Å². The van der Waals surface area contributed by atoms with Crippen LogP contribution in [0.3, 0.4) is 0 Å². The highest BCUT2D eigenvalue weighted by Crippen LogP contribution is 2.35. The number of nitrogen functional groups attached to an aromatic ring is 1. The number of thiophene rings is 1. The van der Waals surface area contributed by atoms with Gasteiger partial charge in [-0.05, 0) is 26.0 Å². The van der Waals surface area contributed by atoms with Crippen molar-refractivity contribution in [3.05, 3.63) is 28.9 Å². The van der Waals surface area contributed by atoms with Crippen molar-refractivity contribution in [1.29, 1.82) is 0 Å². The molecule has 0 radical (unpaired) electrons. The number of amides is 2. The van der Waals surface area contributed by atoms with Crippen molar-refractivity contribution >= 4 is 38.9 Å². The number of nitrogens with one attached hydrogen (secondary N) is 1. The van der Waals surface area contributed by atoms with Gasteiger partial charge in [0.1, 0.15) is 16.2 Å². The van der Waals surface area contributed by atoms with Crippen LogP contribution in [0.25, 0.3) is 10.1 Å². The third-order valence-corrected chi connectivity index (χ3v) is 4.12. The Morgan fingerprint density at radius 1 is 1.35 bits per heavy atom. The predicted octanol–water partition coefficient (Wildman–Crippen LogP) is 1.62. The molecule has 2 amide bonds. The van der Waals surface area contributed by atoms with Crippen molar-refractivity contribution in [3.8, 4) is 0 Å². The molecule has 20 heavy (non-hydrogen) atoms. The van der Waals surface area contributed by atoms with E-state index in [4.69, 9.17) is 11.5 Å². The second kappa shape index (κ2) is 4.75. The van der Waals surface area contributed by atoms with Gasteiger partial charge in [-0.2, -0.15) is 0 Å². The molecule has 106 valence electrons. The Bertz CT molecular complexity index is 709. The fourth-order valence-electron chi connectivity index (χ4n) is 1.70. The number of anilines is 1. The van der Waals surface area contributed by atoms with Crippen LogP contribution in [0.5, 0.6) is 0 Å². The summed E-state index contributed by atoms with van der Waals surface area (Å²) in [5.74, 6) is -1.70. The number of rotatable bonds is 3. The van der Waals surface area contributed by atoms with Gasteiger partial charge < -0.3 is 16.8 Å². The first-order chi connectivity index (χ1) is 9.24. The summed E-state index contributed by atoms with van der Waals surface area (Å²) in [6.45, 7) is 2.97. The van der Waals surface area contributed by atoms with E-state index in [1.165, 1.54) is 19.9 Å². The van der Waals surface area contributed by atoms with Crippen LogP contribution in [0.1, 0.15) is 23.5 Å². The van der Waals surface area contributed by atoms with E-state index in [1.54, 1.807) is 12.1 Å². The fourth-order valence-corrected chi connectivity index (χ4v) is 2.73. The van der Waals surface area contributed by atoms with Gasteiger partial charge in [-0.15, -0.1) is 11.3 Å². The molecule has 1 aromatic carbocycles. The zero-order valence-electron chi connectivity index (χ0n) is 11.0. The van der Waals surface area contributed by atoms with Gasteiger partial charge in [0.25, 0.3) is 5.91 Å². The van der Waals surface area contributed by atoms with Crippen molar-refractivity contribution in [2.45, 2.75) is 19.4 Å². The Hall–Kier alpha value is -2.15.